The first-order valence-electron chi connectivity index (χ1n) is 8.95. The normalized spacial score (nSPS) is 23.8. The third kappa shape index (κ3) is 3.85. The standard InChI is InChI=1S/C19H27N3O3/c1-20(2)10-15-11-21(12-16(15)13-23)19(25)14-5-7-17(8-6-14)22-9-3-4-18(22)24/h5-8,15-16,23H,3-4,9-13H2,1-2H3. The van der Waals surface area contributed by atoms with E-state index in [4.69, 9.17) is 0 Å². The predicted octanol–water partition coefficient (Wildman–Crippen LogP) is 1.06. The number of hydrogen-bond acceptors (Lipinski definition) is 4. The van der Waals surface area contributed by atoms with Gasteiger partial charge in [-0.15, -0.1) is 0 Å². The maximum absolute atomic E-state index is 12.8. The monoisotopic (exact) mass is 345 g/mol. The summed E-state index contributed by atoms with van der Waals surface area (Å²) in [4.78, 5) is 30.3. The molecule has 0 aliphatic carbocycles. The summed E-state index contributed by atoms with van der Waals surface area (Å²) in [5.41, 5.74) is 1.50. The summed E-state index contributed by atoms with van der Waals surface area (Å²) in [6.45, 7) is 3.00. The number of hydrogen-bond donors (Lipinski definition) is 1. The van der Waals surface area contributed by atoms with Crippen LogP contribution in [-0.2, 0) is 4.79 Å². The van der Waals surface area contributed by atoms with Crippen LogP contribution in [0.3, 0.4) is 0 Å². The summed E-state index contributed by atoms with van der Waals surface area (Å²) in [6, 6.07) is 7.31. The molecule has 6 nitrogen and oxygen atoms in total. The lowest BCUT2D eigenvalue weighted by atomic mass is 9.97. The Morgan fingerprint density at radius 2 is 1.88 bits per heavy atom. The van der Waals surface area contributed by atoms with Gasteiger partial charge in [-0.1, -0.05) is 0 Å². The van der Waals surface area contributed by atoms with E-state index in [-0.39, 0.29) is 24.3 Å². The highest BCUT2D eigenvalue weighted by atomic mass is 16.3. The van der Waals surface area contributed by atoms with Crippen molar-refractivity contribution in [2.45, 2.75) is 12.8 Å². The van der Waals surface area contributed by atoms with Crippen molar-refractivity contribution in [3.8, 4) is 0 Å². The number of benzene rings is 1. The Bertz CT molecular complexity index is 629. The zero-order valence-electron chi connectivity index (χ0n) is 15.0. The summed E-state index contributed by atoms with van der Waals surface area (Å²) in [5, 5.41) is 9.61. The van der Waals surface area contributed by atoms with Gasteiger partial charge >= 0.3 is 0 Å². The molecule has 2 heterocycles. The number of nitrogens with zero attached hydrogens (tertiary/aromatic N) is 3. The van der Waals surface area contributed by atoms with Crippen LogP contribution in [0, 0.1) is 11.8 Å². The van der Waals surface area contributed by atoms with Gasteiger partial charge in [0, 0.05) is 56.4 Å². The van der Waals surface area contributed by atoms with Gasteiger partial charge in [-0.3, -0.25) is 9.59 Å². The summed E-state index contributed by atoms with van der Waals surface area (Å²) in [5.74, 6) is 0.577. The average Bonchev–Trinajstić information content (AvgIpc) is 3.20. The lowest BCUT2D eigenvalue weighted by Gasteiger charge is -2.20. The fourth-order valence-corrected chi connectivity index (χ4v) is 3.87. The van der Waals surface area contributed by atoms with E-state index in [1.807, 2.05) is 31.1 Å². The molecule has 2 unspecified atom stereocenters. The third-order valence-electron chi connectivity index (χ3n) is 5.20. The van der Waals surface area contributed by atoms with E-state index in [0.29, 0.717) is 31.0 Å². The Labute approximate surface area is 149 Å². The van der Waals surface area contributed by atoms with Crippen LogP contribution >= 0.6 is 0 Å². The maximum Gasteiger partial charge on any atom is 0.253 e. The van der Waals surface area contributed by atoms with Crippen molar-refractivity contribution in [2.75, 3.05) is 51.8 Å². The largest absolute Gasteiger partial charge is 0.396 e. The highest BCUT2D eigenvalue weighted by molar-refractivity contribution is 5.97. The van der Waals surface area contributed by atoms with Crippen LogP contribution in [0.15, 0.2) is 24.3 Å². The molecule has 0 aromatic heterocycles. The van der Waals surface area contributed by atoms with Crippen molar-refractivity contribution in [3.63, 3.8) is 0 Å². The number of aliphatic hydroxyl groups excluding tert-OH is 1. The van der Waals surface area contributed by atoms with Gasteiger partial charge in [0.1, 0.15) is 0 Å². The van der Waals surface area contributed by atoms with E-state index >= 15 is 0 Å². The molecule has 25 heavy (non-hydrogen) atoms. The highest BCUT2D eigenvalue weighted by Gasteiger charge is 2.35. The van der Waals surface area contributed by atoms with E-state index in [9.17, 15) is 14.7 Å². The van der Waals surface area contributed by atoms with E-state index in [2.05, 4.69) is 4.90 Å². The molecule has 0 radical (unpaired) electrons. The van der Waals surface area contributed by atoms with E-state index in [1.54, 1.807) is 17.0 Å². The van der Waals surface area contributed by atoms with E-state index in [0.717, 1.165) is 25.2 Å². The highest BCUT2D eigenvalue weighted by Crippen LogP contribution is 2.26. The van der Waals surface area contributed by atoms with Gasteiger partial charge in [0.25, 0.3) is 5.91 Å². The Kier molecular flexibility index (Phi) is 5.39. The summed E-state index contributed by atoms with van der Waals surface area (Å²) < 4.78 is 0. The Balaban J connectivity index is 1.67. The first kappa shape index (κ1) is 17.9. The van der Waals surface area contributed by atoms with Crippen LogP contribution in [0.5, 0.6) is 0 Å². The molecule has 1 N–H and O–H groups in total. The maximum atomic E-state index is 12.8. The molecule has 0 spiro atoms. The smallest absolute Gasteiger partial charge is 0.253 e. The SMILES string of the molecule is CN(C)CC1CN(C(=O)c2ccc(N3CCCC3=O)cc2)CC1CO. The van der Waals surface area contributed by atoms with Crippen LogP contribution in [-0.4, -0.2) is 73.6 Å². The summed E-state index contributed by atoms with van der Waals surface area (Å²) in [6.07, 6.45) is 1.49. The molecule has 2 fully saturated rings. The van der Waals surface area contributed by atoms with Crippen molar-refractivity contribution >= 4 is 17.5 Å². The van der Waals surface area contributed by atoms with Crippen LogP contribution in [0.2, 0.25) is 0 Å². The Hall–Kier alpha value is -1.92. The lowest BCUT2D eigenvalue weighted by Crippen LogP contribution is -2.31. The molecule has 6 heteroatoms. The van der Waals surface area contributed by atoms with Crippen LogP contribution in [0.1, 0.15) is 23.2 Å². The molecule has 1 aromatic rings. The molecule has 2 aliphatic rings. The number of carbonyl (C=O) groups is 2. The van der Waals surface area contributed by atoms with Gasteiger partial charge in [-0.2, -0.15) is 0 Å². The second kappa shape index (κ2) is 7.54. The molecule has 0 bridgehead atoms. The zero-order valence-corrected chi connectivity index (χ0v) is 15.0. The first-order chi connectivity index (χ1) is 12.0. The van der Waals surface area contributed by atoms with Gasteiger partial charge in [0.15, 0.2) is 0 Å². The third-order valence-corrected chi connectivity index (χ3v) is 5.20. The number of likely N-dealkylation sites (tertiary alicyclic amines) is 1. The molecule has 1 aromatic carbocycles. The summed E-state index contributed by atoms with van der Waals surface area (Å²) >= 11 is 0. The second-order valence-corrected chi connectivity index (χ2v) is 7.37. The molecule has 2 aliphatic heterocycles. The van der Waals surface area contributed by atoms with Crippen LogP contribution < -0.4 is 4.90 Å². The molecule has 0 saturated carbocycles. The average molecular weight is 345 g/mol. The van der Waals surface area contributed by atoms with Crippen molar-refractivity contribution in [3.05, 3.63) is 29.8 Å². The molecule has 136 valence electrons. The lowest BCUT2D eigenvalue weighted by molar-refractivity contribution is -0.117. The number of aliphatic hydroxyl groups is 1. The predicted molar refractivity (Wildman–Crippen MR) is 96.6 cm³/mol. The minimum Gasteiger partial charge on any atom is -0.396 e. The second-order valence-electron chi connectivity index (χ2n) is 7.37. The van der Waals surface area contributed by atoms with Crippen LogP contribution in [0.4, 0.5) is 5.69 Å². The van der Waals surface area contributed by atoms with Crippen molar-refractivity contribution in [1.82, 2.24) is 9.80 Å². The molecule has 2 amide bonds. The molecule has 2 atom stereocenters. The zero-order chi connectivity index (χ0) is 18.0. The van der Waals surface area contributed by atoms with Gasteiger partial charge < -0.3 is 19.8 Å². The fourth-order valence-electron chi connectivity index (χ4n) is 3.87. The summed E-state index contributed by atoms with van der Waals surface area (Å²) in [7, 11) is 4.02. The van der Waals surface area contributed by atoms with Gasteiger partial charge in [-0.25, -0.2) is 0 Å². The van der Waals surface area contributed by atoms with Gasteiger partial charge in [-0.05, 0) is 50.7 Å². The molecule has 2 saturated heterocycles. The first-order valence-corrected chi connectivity index (χ1v) is 8.95. The van der Waals surface area contributed by atoms with Crippen LogP contribution in [0.25, 0.3) is 0 Å². The minimum atomic E-state index is -0.000922. The number of rotatable bonds is 5. The molecular weight excluding hydrogens is 318 g/mol. The fraction of sp³-hybridized carbons (Fsp3) is 0.579. The minimum absolute atomic E-state index is 0.000922. The number of amides is 2. The van der Waals surface area contributed by atoms with Gasteiger partial charge in [0.2, 0.25) is 5.91 Å². The van der Waals surface area contributed by atoms with Crippen molar-refractivity contribution in [1.29, 1.82) is 0 Å². The van der Waals surface area contributed by atoms with E-state index in [1.165, 1.54) is 0 Å². The number of carbonyl (C=O) groups excluding carboxylic acids is 2. The quantitative estimate of drug-likeness (QED) is 0.867. The van der Waals surface area contributed by atoms with Gasteiger partial charge in [0.05, 0.1) is 0 Å². The van der Waals surface area contributed by atoms with E-state index < -0.39 is 0 Å². The molecular formula is C19H27N3O3. The topological polar surface area (TPSA) is 64.1 Å². The Morgan fingerprint density at radius 3 is 2.44 bits per heavy atom. The van der Waals surface area contributed by atoms with Crippen molar-refractivity contribution < 1.29 is 14.7 Å². The number of anilines is 1. The molecule has 3 rings (SSSR count). The Morgan fingerprint density at radius 1 is 1.20 bits per heavy atom. The van der Waals surface area contributed by atoms with Crippen molar-refractivity contribution in [2.24, 2.45) is 11.8 Å².